The minimum Gasteiger partial charge on any atom is -0.463 e. The topological polar surface area (TPSA) is 26.3 Å². The number of hydrogen-bond acceptors (Lipinski definition) is 2. The first kappa shape index (κ1) is 19.2. The molecule has 0 bridgehead atoms. The summed E-state index contributed by atoms with van der Waals surface area (Å²) in [5.41, 5.74) is 0. The summed E-state index contributed by atoms with van der Waals surface area (Å²) in [6.45, 7) is 4.93. The Kier molecular flexibility index (Phi) is 15.6. The lowest BCUT2D eigenvalue weighted by molar-refractivity contribution is -0.137. The van der Waals surface area contributed by atoms with Gasteiger partial charge in [0.05, 0.1) is 6.61 Å². The number of allylic oxidation sites excluding steroid dienone is 1. The predicted octanol–water partition coefficient (Wildman–Crippen LogP) is 5.81. The minimum absolute atomic E-state index is 0.186. The van der Waals surface area contributed by atoms with Gasteiger partial charge in [-0.15, -0.1) is 0 Å². The molecule has 0 aliphatic heterocycles. The monoisotopic (exact) mass is 282 g/mol. The SMILES string of the molecule is CCC/C=C/C(=O)OCCCCCCCCCCCC. The highest BCUT2D eigenvalue weighted by atomic mass is 16.5. The molecule has 0 saturated carbocycles. The zero-order chi connectivity index (χ0) is 14.9. The molecule has 0 amide bonds. The van der Waals surface area contributed by atoms with Crippen molar-refractivity contribution in [2.75, 3.05) is 6.61 Å². The molecule has 0 fully saturated rings. The van der Waals surface area contributed by atoms with Crippen LogP contribution in [0.15, 0.2) is 12.2 Å². The van der Waals surface area contributed by atoms with Gasteiger partial charge in [0.25, 0.3) is 0 Å². The van der Waals surface area contributed by atoms with Crippen molar-refractivity contribution >= 4 is 5.97 Å². The number of ether oxygens (including phenoxy) is 1. The average molecular weight is 282 g/mol. The highest BCUT2D eigenvalue weighted by molar-refractivity contribution is 5.81. The average Bonchev–Trinajstić information content (AvgIpc) is 2.45. The summed E-state index contributed by atoms with van der Waals surface area (Å²) in [7, 11) is 0. The van der Waals surface area contributed by atoms with Crippen LogP contribution in [0.25, 0.3) is 0 Å². The van der Waals surface area contributed by atoms with Crippen molar-refractivity contribution in [1.82, 2.24) is 0 Å². The van der Waals surface area contributed by atoms with Crippen LogP contribution in [0, 0.1) is 0 Å². The lowest BCUT2D eigenvalue weighted by atomic mass is 10.1. The lowest BCUT2D eigenvalue weighted by Gasteiger charge is -2.03. The molecule has 0 aliphatic rings. The molecule has 0 spiro atoms. The van der Waals surface area contributed by atoms with E-state index in [4.69, 9.17) is 4.74 Å². The highest BCUT2D eigenvalue weighted by Gasteiger charge is 1.96. The standard InChI is InChI=1S/C18H34O2/c1-3-5-7-8-9-10-11-12-13-15-17-20-18(19)16-14-6-4-2/h14,16H,3-13,15,17H2,1-2H3/b16-14+. The molecule has 0 saturated heterocycles. The zero-order valence-electron chi connectivity index (χ0n) is 13.7. The van der Waals surface area contributed by atoms with Gasteiger partial charge in [0.1, 0.15) is 0 Å². The Bertz CT molecular complexity index is 234. The number of esters is 1. The molecule has 0 aromatic heterocycles. The fourth-order valence-electron chi connectivity index (χ4n) is 2.16. The van der Waals surface area contributed by atoms with E-state index >= 15 is 0 Å². The maximum absolute atomic E-state index is 11.3. The summed E-state index contributed by atoms with van der Waals surface area (Å²) in [5.74, 6) is -0.186. The van der Waals surface area contributed by atoms with Gasteiger partial charge in [-0.2, -0.15) is 0 Å². The van der Waals surface area contributed by atoms with Gasteiger partial charge in [-0.25, -0.2) is 4.79 Å². The zero-order valence-corrected chi connectivity index (χ0v) is 13.7. The summed E-state index contributed by atoms with van der Waals surface area (Å²) in [6.07, 6.45) is 18.5. The molecule has 20 heavy (non-hydrogen) atoms. The van der Waals surface area contributed by atoms with Crippen molar-refractivity contribution < 1.29 is 9.53 Å². The Morgan fingerprint density at radius 3 is 1.90 bits per heavy atom. The van der Waals surface area contributed by atoms with Crippen molar-refractivity contribution in [3.63, 3.8) is 0 Å². The van der Waals surface area contributed by atoms with Crippen LogP contribution in [0.3, 0.4) is 0 Å². The van der Waals surface area contributed by atoms with Gasteiger partial charge in [0.15, 0.2) is 0 Å². The van der Waals surface area contributed by atoms with Crippen LogP contribution in [0.5, 0.6) is 0 Å². The summed E-state index contributed by atoms with van der Waals surface area (Å²) in [6, 6.07) is 0. The number of unbranched alkanes of at least 4 members (excludes halogenated alkanes) is 10. The second-order valence-corrected chi connectivity index (χ2v) is 5.54. The van der Waals surface area contributed by atoms with Crippen LogP contribution < -0.4 is 0 Å². The molecule has 2 heteroatoms. The summed E-state index contributed by atoms with van der Waals surface area (Å²) in [4.78, 5) is 11.3. The fourth-order valence-corrected chi connectivity index (χ4v) is 2.16. The Labute approximate surface area is 126 Å². The van der Waals surface area contributed by atoms with E-state index in [0.29, 0.717) is 6.61 Å². The van der Waals surface area contributed by atoms with Crippen LogP contribution in [0.4, 0.5) is 0 Å². The molecule has 118 valence electrons. The maximum Gasteiger partial charge on any atom is 0.330 e. The van der Waals surface area contributed by atoms with E-state index < -0.39 is 0 Å². The number of rotatable bonds is 14. The van der Waals surface area contributed by atoms with Crippen molar-refractivity contribution in [2.45, 2.75) is 90.9 Å². The molecule has 0 N–H and O–H groups in total. The van der Waals surface area contributed by atoms with Crippen LogP contribution in [-0.2, 0) is 9.53 Å². The molecule has 0 unspecified atom stereocenters. The summed E-state index contributed by atoms with van der Waals surface area (Å²) in [5, 5.41) is 0. The predicted molar refractivity (Wildman–Crippen MR) is 86.9 cm³/mol. The first-order chi connectivity index (χ1) is 9.81. The molecule has 0 aliphatic carbocycles. The van der Waals surface area contributed by atoms with Gasteiger partial charge in [0.2, 0.25) is 0 Å². The van der Waals surface area contributed by atoms with Crippen LogP contribution in [0.1, 0.15) is 90.9 Å². The molecule has 0 radical (unpaired) electrons. The third kappa shape index (κ3) is 15.3. The highest BCUT2D eigenvalue weighted by Crippen LogP contribution is 2.10. The maximum atomic E-state index is 11.3. The second kappa shape index (κ2) is 16.3. The van der Waals surface area contributed by atoms with Gasteiger partial charge in [-0.05, 0) is 12.8 Å². The van der Waals surface area contributed by atoms with Gasteiger partial charge in [-0.3, -0.25) is 0 Å². The van der Waals surface area contributed by atoms with E-state index in [1.807, 2.05) is 6.08 Å². The van der Waals surface area contributed by atoms with Crippen molar-refractivity contribution in [3.8, 4) is 0 Å². The van der Waals surface area contributed by atoms with Crippen molar-refractivity contribution in [2.24, 2.45) is 0 Å². The molecule has 0 heterocycles. The minimum atomic E-state index is -0.186. The molecule has 0 aromatic carbocycles. The first-order valence-electron chi connectivity index (χ1n) is 8.64. The Balaban J connectivity index is 3.14. The molecule has 0 aromatic rings. The fraction of sp³-hybridized carbons (Fsp3) is 0.833. The quantitative estimate of drug-likeness (QED) is 0.228. The van der Waals surface area contributed by atoms with E-state index in [-0.39, 0.29) is 5.97 Å². The molecular formula is C18H34O2. The largest absolute Gasteiger partial charge is 0.463 e. The van der Waals surface area contributed by atoms with Crippen molar-refractivity contribution in [1.29, 1.82) is 0 Å². The molecular weight excluding hydrogens is 248 g/mol. The van der Waals surface area contributed by atoms with Gasteiger partial charge < -0.3 is 4.74 Å². The van der Waals surface area contributed by atoms with Gasteiger partial charge >= 0.3 is 5.97 Å². The van der Waals surface area contributed by atoms with Crippen LogP contribution in [-0.4, -0.2) is 12.6 Å². The molecule has 0 rings (SSSR count). The first-order valence-corrected chi connectivity index (χ1v) is 8.64. The van der Waals surface area contributed by atoms with E-state index in [1.54, 1.807) is 6.08 Å². The number of carbonyl (C=O) groups excluding carboxylic acids is 1. The van der Waals surface area contributed by atoms with Crippen LogP contribution >= 0.6 is 0 Å². The third-order valence-electron chi connectivity index (χ3n) is 3.45. The summed E-state index contributed by atoms with van der Waals surface area (Å²) >= 11 is 0. The van der Waals surface area contributed by atoms with Crippen LogP contribution in [0.2, 0.25) is 0 Å². The lowest BCUT2D eigenvalue weighted by Crippen LogP contribution is -2.02. The number of carbonyl (C=O) groups is 1. The van der Waals surface area contributed by atoms with Gasteiger partial charge in [0, 0.05) is 6.08 Å². The van der Waals surface area contributed by atoms with E-state index in [0.717, 1.165) is 19.3 Å². The summed E-state index contributed by atoms with van der Waals surface area (Å²) < 4.78 is 5.13. The van der Waals surface area contributed by atoms with Crippen molar-refractivity contribution in [3.05, 3.63) is 12.2 Å². The van der Waals surface area contributed by atoms with Gasteiger partial charge in [-0.1, -0.05) is 84.1 Å². The van der Waals surface area contributed by atoms with E-state index in [9.17, 15) is 4.79 Å². The Hall–Kier alpha value is -0.790. The Morgan fingerprint density at radius 1 is 0.800 bits per heavy atom. The van der Waals surface area contributed by atoms with E-state index in [2.05, 4.69) is 13.8 Å². The smallest absolute Gasteiger partial charge is 0.330 e. The van der Waals surface area contributed by atoms with E-state index in [1.165, 1.54) is 57.8 Å². The second-order valence-electron chi connectivity index (χ2n) is 5.54. The number of hydrogen-bond donors (Lipinski definition) is 0. The third-order valence-corrected chi connectivity index (χ3v) is 3.45. The molecule has 2 nitrogen and oxygen atoms in total. The normalized spacial score (nSPS) is 11.1. The Morgan fingerprint density at radius 2 is 1.35 bits per heavy atom. The molecule has 0 atom stereocenters.